The number of benzene rings is 1. The molecule has 1 saturated carbocycles. The van der Waals surface area contributed by atoms with Gasteiger partial charge in [-0.2, -0.15) is 0 Å². The number of β-amino-alcohol motifs (C(OH)–C–C–N with tert-alkyl or cyclic N) is 1. The van der Waals surface area contributed by atoms with Crippen LogP contribution in [0.1, 0.15) is 25.7 Å². The van der Waals surface area contributed by atoms with Crippen LogP contribution in [0, 0.1) is 5.92 Å². The molecular formula is C20H29N3O2. The van der Waals surface area contributed by atoms with Crippen molar-refractivity contribution in [3.63, 3.8) is 0 Å². The molecule has 3 fully saturated rings. The van der Waals surface area contributed by atoms with E-state index in [1.54, 1.807) is 0 Å². The summed E-state index contributed by atoms with van der Waals surface area (Å²) in [5.74, 6) is 0.489. The zero-order valence-electron chi connectivity index (χ0n) is 14.9. The van der Waals surface area contributed by atoms with Crippen LogP contribution in [0.2, 0.25) is 0 Å². The van der Waals surface area contributed by atoms with Gasteiger partial charge in [0.05, 0.1) is 12.1 Å². The van der Waals surface area contributed by atoms with E-state index in [9.17, 15) is 9.90 Å². The summed E-state index contributed by atoms with van der Waals surface area (Å²) in [6, 6.07) is 10.6. The molecule has 0 aromatic heterocycles. The first-order chi connectivity index (χ1) is 12.2. The highest BCUT2D eigenvalue weighted by Crippen LogP contribution is 2.29. The smallest absolute Gasteiger partial charge is 0.225 e. The molecule has 0 bridgehead atoms. The predicted octanol–water partition coefficient (Wildman–Crippen LogP) is 1.57. The fourth-order valence-electron chi connectivity index (χ4n) is 4.69. The number of nitrogens with zero attached hydrogens (tertiary/aromatic N) is 3. The van der Waals surface area contributed by atoms with Gasteiger partial charge in [0.15, 0.2) is 0 Å². The van der Waals surface area contributed by atoms with Crippen molar-refractivity contribution < 1.29 is 9.90 Å². The molecule has 1 N–H and O–H groups in total. The molecule has 1 aromatic carbocycles. The third-order valence-electron chi connectivity index (χ3n) is 6.18. The van der Waals surface area contributed by atoms with Crippen LogP contribution < -0.4 is 4.90 Å². The number of carbonyl (C=O) groups is 1. The lowest BCUT2D eigenvalue weighted by Gasteiger charge is -2.39. The van der Waals surface area contributed by atoms with Crippen molar-refractivity contribution in [3.05, 3.63) is 30.3 Å². The molecule has 0 radical (unpaired) electrons. The van der Waals surface area contributed by atoms with Crippen molar-refractivity contribution in [1.82, 2.24) is 9.80 Å². The zero-order chi connectivity index (χ0) is 17.2. The van der Waals surface area contributed by atoms with Crippen molar-refractivity contribution in [1.29, 1.82) is 0 Å². The van der Waals surface area contributed by atoms with Crippen LogP contribution in [0.25, 0.3) is 0 Å². The Balaban J connectivity index is 1.33. The summed E-state index contributed by atoms with van der Waals surface area (Å²) in [4.78, 5) is 19.4. The Labute approximate surface area is 150 Å². The molecule has 4 rings (SSSR count). The molecule has 25 heavy (non-hydrogen) atoms. The Kier molecular flexibility index (Phi) is 4.95. The zero-order valence-corrected chi connectivity index (χ0v) is 14.9. The third kappa shape index (κ3) is 3.53. The molecule has 1 aromatic rings. The quantitative estimate of drug-likeness (QED) is 0.905. The molecule has 1 aliphatic carbocycles. The van der Waals surface area contributed by atoms with Gasteiger partial charge in [-0.3, -0.25) is 9.69 Å². The Hall–Kier alpha value is -1.59. The van der Waals surface area contributed by atoms with Gasteiger partial charge in [0.1, 0.15) is 0 Å². The summed E-state index contributed by atoms with van der Waals surface area (Å²) in [7, 11) is 0. The lowest BCUT2D eigenvalue weighted by atomic mass is 10.1. The minimum Gasteiger partial charge on any atom is -0.390 e. The number of piperazine rings is 1. The van der Waals surface area contributed by atoms with Crippen LogP contribution >= 0.6 is 0 Å². The van der Waals surface area contributed by atoms with Crippen LogP contribution in [0.3, 0.4) is 0 Å². The van der Waals surface area contributed by atoms with Crippen LogP contribution in [0.5, 0.6) is 0 Å². The van der Waals surface area contributed by atoms with Crippen LogP contribution in [0.4, 0.5) is 5.69 Å². The first-order valence-corrected chi connectivity index (χ1v) is 9.73. The SMILES string of the molecule is O=C(C1CCCC1)N1C[C@@H](O)[C@H](N2CCN(c3ccccc3)CC2)C1. The van der Waals surface area contributed by atoms with E-state index in [0.29, 0.717) is 13.1 Å². The van der Waals surface area contributed by atoms with E-state index >= 15 is 0 Å². The first-order valence-electron chi connectivity index (χ1n) is 9.73. The second-order valence-corrected chi connectivity index (χ2v) is 7.72. The second-order valence-electron chi connectivity index (χ2n) is 7.72. The number of hydrogen-bond donors (Lipinski definition) is 1. The maximum absolute atomic E-state index is 12.6. The van der Waals surface area contributed by atoms with Crippen LogP contribution in [-0.4, -0.2) is 72.2 Å². The average Bonchev–Trinajstić information content (AvgIpc) is 3.32. The molecule has 2 saturated heterocycles. The molecule has 5 heteroatoms. The van der Waals surface area contributed by atoms with Gasteiger partial charge in [-0.15, -0.1) is 0 Å². The highest BCUT2D eigenvalue weighted by Gasteiger charge is 2.40. The van der Waals surface area contributed by atoms with E-state index in [0.717, 1.165) is 39.0 Å². The standard InChI is InChI=1S/C20H29N3O2/c24-19-15-23(20(25)16-6-4-5-7-16)14-18(19)22-12-10-21(11-13-22)17-8-2-1-3-9-17/h1-3,8-9,16,18-19,24H,4-7,10-15H2/t18-,19-/m1/s1. The van der Waals surface area contributed by atoms with E-state index in [1.165, 1.54) is 18.5 Å². The molecule has 136 valence electrons. The van der Waals surface area contributed by atoms with Gasteiger partial charge in [0, 0.05) is 50.9 Å². The maximum Gasteiger partial charge on any atom is 0.225 e. The Morgan fingerprint density at radius 1 is 0.960 bits per heavy atom. The van der Waals surface area contributed by atoms with Crippen molar-refractivity contribution in [2.75, 3.05) is 44.2 Å². The minimum atomic E-state index is -0.409. The first kappa shape index (κ1) is 16.9. The van der Waals surface area contributed by atoms with E-state index < -0.39 is 6.10 Å². The minimum absolute atomic E-state index is 0.100. The molecular weight excluding hydrogens is 314 g/mol. The largest absolute Gasteiger partial charge is 0.390 e. The lowest BCUT2D eigenvalue weighted by molar-refractivity contribution is -0.134. The monoisotopic (exact) mass is 343 g/mol. The molecule has 2 aliphatic heterocycles. The molecule has 0 unspecified atom stereocenters. The summed E-state index contributed by atoms with van der Waals surface area (Å²) in [5.41, 5.74) is 1.27. The van der Waals surface area contributed by atoms with Gasteiger partial charge < -0.3 is 14.9 Å². The molecule has 0 spiro atoms. The van der Waals surface area contributed by atoms with E-state index in [2.05, 4.69) is 34.1 Å². The number of carbonyl (C=O) groups excluding carboxylic acids is 1. The summed E-state index contributed by atoms with van der Waals surface area (Å²) in [6.45, 7) is 5.05. The van der Waals surface area contributed by atoms with Gasteiger partial charge in [-0.1, -0.05) is 31.0 Å². The molecule has 2 atom stereocenters. The lowest BCUT2D eigenvalue weighted by Crippen LogP contribution is -2.53. The molecule has 5 nitrogen and oxygen atoms in total. The Bertz CT molecular complexity index is 580. The van der Waals surface area contributed by atoms with Crippen molar-refractivity contribution in [3.8, 4) is 0 Å². The molecule has 3 aliphatic rings. The van der Waals surface area contributed by atoms with Gasteiger partial charge in [-0.25, -0.2) is 0 Å². The van der Waals surface area contributed by atoms with Crippen molar-refractivity contribution in [2.24, 2.45) is 5.92 Å². The number of rotatable bonds is 3. The van der Waals surface area contributed by atoms with E-state index in [-0.39, 0.29) is 17.9 Å². The van der Waals surface area contributed by atoms with Crippen molar-refractivity contribution in [2.45, 2.75) is 37.8 Å². The Morgan fingerprint density at radius 2 is 1.64 bits per heavy atom. The van der Waals surface area contributed by atoms with Gasteiger partial charge in [-0.05, 0) is 25.0 Å². The van der Waals surface area contributed by atoms with E-state index in [4.69, 9.17) is 0 Å². The number of aliphatic hydroxyl groups is 1. The molecule has 1 amide bonds. The number of amides is 1. The highest BCUT2D eigenvalue weighted by atomic mass is 16.3. The number of aliphatic hydroxyl groups excluding tert-OH is 1. The average molecular weight is 343 g/mol. The molecule has 2 heterocycles. The van der Waals surface area contributed by atoms with Crippen LogP contribution in [0.15, 0.2) is 30.3 Å². The second kappa shape index (κ2) is 7.34. The van der Waals surface area contributed by atoms with Gasteiger partial charge in [0.25, 0.3) is 0 Å². The summed E-state index contributed by atoms with van der Waals surface area (Å²) >= 11 is 0. The van der Waals surface area contributed by atoms with Gasteiger partial charge in [0.2, 0.25) is 5.91 Å². The summed E-state index contributed by atoms with van der Waals surface area (Å²) in [6.07, 6.45) is 4.01. The highest BCUT2D eigenvalue weighted by molar-refractivity contribution is 5.79. The van der Waals surface area contributed by atoms with Crippen molar-refractivity contribution >= 4 is 11.6 Å². The summed E-state index contributed by atoms with van der Waals surface area (Å²) in [5, 5.41) is 10.5. The number of para-hydroxylation sites is 1. The van der Waals surface area contributed by atoms with E-state index in [1.807, 2.05) is 11.0 Å². The number of anilines is 1. The maximum atomic E-state index is 12.6. The summed E-state index contributed by atoms with van der Waals surface area (Å²) < 4.78 is 0. The fourth-order valence-corrected chi connectivity index (χ4v) is 4.69. The number of hydrogen-bond acceptors (Lipinski definition) is 4. The fraction of sp³-hybridized carbons (Fsp3) is 0.650. The predicted molar refractivity (Wildman–Crippen MR) is 98.6 cm³/mol. The topological polar surface area (TPSA) is 47.0 Å². The normalized spacial score (nSPS) is 28.7. The number of likely N-dealkylation sites (tertiary alicyclic amines) is 1. The third-order valence-corrected chi connectivity index (χ3v) is 6.18. The Morgan fingerprint density at radius 3 is 2.32 bits per heavy atom. The van der Waals surface area contributed by atoms with Gasteiger partial charge >= 0.3 is 0 Å². The van der Waals surface area contributed by atoms with Crippen LogP contribution in [-0.2, 0) is 4.79 Å².